The standard InChI is InChI=1S/C16H24N2O3/c1-20-14-4-2-3-13(9-14)10-18-7-5-16(6-8-18)12-17-15(19)11-21-16/h3,9H,2,4-8,10-12H2,1H3,(H,17,19). The highest BCUT2D eigenvalue weighted by Gasteiger charge is 2.38. The molecule has 0 radical (unpaired) electrons. The second-order valence-corrected chi connectivity index (χ2v) is 6.16. The summed E-state index contributed by atoms with van der Waals surface area (Å²) in [4.78, 5) is 13.7. The van der Waals surface area contributed by atoms with E-state index in [-0.39, 0.29) is 18.1 Å². The lowest BCUT2D eigenvalue weighted by Crippen LogP contribution is -2.57. The topological polar surface area (TPSA) is 50.8 Å². The fraction of sp³-hybridized carbons (Fsp3) is 0.688. The van der Waals surface area contributed by atoms with Gasteiger partial charge in [0.1, 0.15) is 6.61 Å². The Hall–Kier alpha value is -1.33. The molecule has 2 heterocycles. The predicted molar refractivity (Wildman–Crippen MR) is 79.8 cm³/mol. The third kappa shape index (κ3) is 3.47. The van der Waals surface area contributed by atoms with Gasteiger partial charge in [-0.05, 0) is 30.9 Å². The van der Waals surface area contributed by atoms with Gasteiger partial charge in [-0.15, -0.1) is 0 Å². The van der Waals surface area contributed by atoms with Gasteiger partial charge in [0, 0.05) is 32.6 Å². The molecule has 2 fully saturated rings. The molecule has 5 nitrogen and oxygen atoms in total. The Morgan fingerprint density at radius 2 is 2.24 bits per heavy atom. The molecular formula is C16H24N2O3. The molecule has 21 heavy (non-hydrogen) atoms. The van der Waals surface area contributed by atoms with Crippen LogP contribution < -0.4 is 5.32 Å². The fourth-order valence-corrected chi connectivity index (χ4v) is 3.29. The van der Waals surface area contributed by atoms with Crippen molar-refractivity contribution in [3.63, 3.8) is 0 Å². The van der Waals surface area contributed by atoms with Gasteiger partial charge in [-0.1, -0.05) is 6.08 Å². The molecule has 3 rings (SSSR count). The molecule has 1 amide bonds. The molecule has 2 aliphatic heterocycles. The number of methoxy groups -OCH3 is 1. The number of nitrogens with one attached hydrogen (secondary N) is 1. The molecule has 0 aromatic heterocycles. The molecule has 0 saturated carbocycles. The van der Waals surface area contributed by atoms with E-state index in [0.29, 0.717) is 6.54 Å². The first-order valence-electron chi connectivity index (χ1n) is 7.76. The summed E-state index contributed by atoms with van der Waals surface area (Å²) in [5, 5.41) is 2.93. The largest absolute Gasteiger partial charge is 0.501 e. The number of ether oxygens (including phenoxy) is 2. The van der Waals surface area contributed by atoms with Crippen LogP contribution in [0.15, 0.2) is 23.5 Å². The van der Waals surface area contributed by atoms with Gasteiger partial charge in [0.2, 0.25) is 5.91 Å². The fourth-order valence-electron chi connectivity index (χ4n) is 3.29. The Morgan fingerprint density at radius 3 is 2.90 bits per heavy atom. The van der Waals surface area contributed by atoms with Crippen LogP contribution in [0.1, 0.15) is 25.7 Å². The summed E-state index contributed by atoms with van der Waals surface area (Å²) in [5.74, 6) is 1.09. The Kier molecular flexibility index (Phi) is 4.31. The lowest BCUT2D eigenvalue weighted by atomic mass is 9.89. The van der Waals surface area contributed by atoms with Crippen LogP contribution in [0, 0.1) is 0 Å². The molecule has 2 saturated heterocycles. The number of carbonyl (C=O) groups is 1. The van der Waals surface area contributed by atoms with Gasteiger partial charge in [0.25, 0.3) is 0 Å². The summed E-state index contributed by atoms with van der Waals surface area (Å²) in [6.45, 7) is 3.89. The van der Waals surface area contributed by atoms with E-state index in [1.807, 2.05) is 0 Å². The molecule has 0 aromatic carbocycles. The summed E-state index contributed by atoms with van der Waals surface area (Å²) in [5.41, 5.74) is 1.23. The maximum absolute atomic E-state index is 11.2. The third-order valence-electron chi connectivity index (χ3n) is 4.70. The van der Waals surface area contributed by atoms with E-state index in [9.17, 15) is 4.79 Å². The second kappa shape index (κ2) is 6.20. The highest BCUT2D eigenvalue weighted by Crippen LogP contribution is 2.28. The van der Waals surface area contributed by atoms with Crippen molar-refractivity contribution in [2.75, 3.05) is 39.9 Å². The molecule has 3 aliphatic rings. The zero-order chi connectivity index (χ0) is 14.7. The minimum Gasteiger partial charge on any atom is -0.501 e. The van der Waals surface area contributed by atoms with Crippen molar-refractivity contribution in [1.82, 2.24) is 10.2 Å². The van der Waals surface area contributed by atoms with E-state index >= 15 is 0 Å². The molecule has 5 heteroatoms. The lowest BCUT2D eigenvalue weighted by molar-refractivity contribution is -0.149. The zero-order valence-corrected chi connectivity index (χ0v) is 12.7. The number of amides is 1. The maximum Gasteiger partial charge on any atom is 0.246 e. The monoisotopic (exact) mass is 292 g/mol. The summed E-state index contributed by atoms with van der Waals surface area (Å²) in [7, 11) is 1.74. The van der Waals surface area contributed by atoms with Gasteiger partial charge in [-0.3, -0.25) is 9.69 Å². The quantitative estimate of drug-likeness (QED) is 0.850. The highest BCUT2D eigenvalue weighted by molar-refractivity contribution is 5.78. The van der Waals surface area contributed by atoms with Crippen molar-refractivity contribution in [2.24, 2.45) is 0 Å². The number of morpholine rings is 1. The average molecular weight is 292 g/mol. The Bertz CT molecular complexity index is 450. The van der Waals surface area contributed by atoms with E-state index in [0.717, 1.165) is 51.1 Å². The van der Waals surface area contributed by atoms with Crippen molar-refractivity contribution in [3.8, 4) is 0 Å². The van der Waals surface area contributed by atoms with Crippen LogP contribution in [0.3, 0.4) is 0 Å². The number of likely N-dealkylation sites (tertiary alicyclic amines) is 1. The smallest absolute Gasteiger partial charge is 0.246 e. The van der Waals surface area contributed by atoms with Crippen LogP contribution in [-0.4, -0.2) is 56.3 Å². The van der Waals surface area contributed by atoms with Crippen molar-refractivity contribution in [1.29, 1.82) is 0 Å². The van der Waals surface area contributed by atoms with Crippen LogP contribution in [0.4, 0.5) is 0 Å². The molecule has 0 atom stereocenters. The number of carbonyl (C=O) groups excluding carboxylic acids is 1. The molecule has 1 spiro atoms. The molecule has 0 bridgehead atoms. The summed E-state index contributed by atoms with van der Waals surface area (Å²) >= 11 is 0. The minimum absolute atomic E-state index is 0.00708. The van der Waals surface area contributed by atoms with Gasteiger partial charge < -0.3 is 14.8 Å². The van der Waals surface area contributed by atoms with E-state index in [2.05, 4.69) is 22.4 Å². The first-order valence-corrected chi connectivity index (χ1v) is 7.76. The number of nitrogens with zero attached hydrogens (tertiary/aromatic N) is 1. The summed E-state index contributed by atoms with van der Waals surface area (Å²) in [6, 6.07) is 0. The van der Waals surface area contributed by atoms with Gasteiger partial charge in [-0.25, -0.2) is 0 Å². The normalized spacial score (nSPS) is 26.0. The molecule has 1 aliphatic carbocycles. The van der Waals surface area contributed by atoms with Gasteiger partial charge in [-0.2, -0.15) is 0 Å². The minimum atomic E-state index is -0.126. The first-order chi connectivity index (χ1) is 10.2. The molecule has 1 N–H and O–H groups in total. The summed E-state index contributed by atoms with van der Waals surface area (Å²) < 4.78 is 11.2. The lowest BCUT2D eigenvalue weighted by Gasteiger charge is -2.43. The van der Waals surface area contributed by atoms with Crippen molar-refractivity contribution < 1.29 is 14.3 Å². The van der Waals surface area contributed by atoms with Crippen LogP contribution in [0.5, 0.6) is 0 Å². The van der Waals surface area contributed by atoms with Gasteiger partial charge in [0.05, 0.1) is 18.5 Å². The van der Waals surface area contributed by atoms with E-state index < -0.39 is 0 Å². The van der Waals surface area contributed by atoms with Crippen LogP contribution in [0.2, 0.25) is 0 Å². The Balaban J connectivity index is 1.51. The zero-order valence-electron chi connectivity index (χ0n) is 12.7. The molecule has 0 aromatic rings. The van der Waals surface area contributed by atoms with Crippen LogP contribution in [-0.2, 0) is 14.3 Å². The van der Waals surface area contributed by atoms with E-state index in [1.54, 1.807) is 7.11 Å². The Morgan fingerprint density at radius 1 is 1.43 bits per heavy atom. The maximum atomic E-state index is 11.2. The van der Waals surface area contributed by atoms with Crippen molar-refractivity contribution in [3.05, 3.63) is 23.5 Å². The van der Waals surface area contributed by atoms with E-state index in [4.69, 9.17) is 9.47 Å². The van der Waals surface area contributed by atoms with Crippen LogP contribution >= 0.6 is 0 Å². The number of hydrogen-bond acceptors (Lipinski definition) is 4. The molecule has 0 unspecified atom stereocenters. The molecular weight excluding hydrogens is 268 g/mol. The van der Waals surface area contributed by atoms with Crippen molar-refractivity contribution in [2.45, 2.75) is 31.3 Å². The first kappa shape index (κ1) is 14.6. The average Bonchev–Trinajstić information content (AvgIpc) is 2.53. The van der Waals surface area contributed by atoms with Crippen molar-refractivity contribution >= 4 is 5.91 Å². The van der Waals surface area contributed by atoms with Gasteiger partial charge >= 0.3 is 0 Å². The number of rotatable bonds is 3. The predicted octanol–water partition coefficient (Wildman–Crippen LogP) is 1.22. The SMILES string of the molecule is COC1=CC(CN2CCC3(CC2)CNC(=O)CO3)=CCC1. The van der Waals surface area contributed by atoms with Gasteiger partial charge in [0.15, 0.2) is 0 Å². The number of hydrogen-bond donors (Lipinski definition) is 1. The van der Waals surface area contributed by atoms with Crippen LogP contribution in [0.25, 0.3) is 0 Å². The van der Waals surface area contributed by atoms with E-state index in [1.165, 1.54) is 5.57 Å². The Labute approximate surface area is 126 Å². The molecule has 116 valence electrons. The second-order valence-electron chi connectivity index (χ2n) is 6.16. The third-order valence-corrected chi connectivity index (χ3v) is 4.70. The number of allylic oxidation sites excluding steroid dienone is 2. The highest BCUT2D eigenvalue weighted by atomic mass is 16.5. The summed E-state index contributed by atoms with van der Waals surface area (Å²) in [6.07, 6.45) is 8.54. The number of piperidine rings is 1.